The molecule has 1 heterocycles. The minimum Gasteiger partial charge on any atom is -0.485 e. The standard InChI is InChI=1S/C28H38ClNO3/c1-4-30-23-13-14-25-24(18-23)26(31-16-15-20-9-6-5-7-10-20)27(28(2,3)33-25)32-19-21-11-8-12-22(29)17-21/h8,11-14,17-18,20,26-27,30H,4-7,9-10,15-16,19H2,1-3H3. The lowest BCUT2D eigenvalue weighted by atomic mass is 9.86. The fourth-order valence-corrected chi connectivity index (χ4v) is 5.38. The Labute approximate surface area is 204 Å². The predicted molar refractivity (Wildman–Crippen MR) is 135 cm³/mol. The molecule has 0 spiro atoms. The molecular formula is C28H38ClNO3. The van der Waals surface area contributed by atoms with Crippen molar-refractivity contribution in [1.29, 1.82) is 0 Å². The molecule has 0 aromatic heterocycles. The van der Waals surface area contributed by atoms with E-state index in [0.29, 0.717) is 6.61 Å². The maximum Gasteiger partial charge on any atom is 0.132 e. The van der Waals surface area contributed by atoms with E-state index >= 15 is 0 Å². The Balaban J connectivity index is 1.55. The number of hydrogen-bond acceptors (Lipinski definition) is 4. The lowest BCUT2D eigenvalue weighted by Crippen LogP contribution is -2.51. The Bertz CT molecular complexity index is 910. The topological polar surface area (TPSA) is 39.7 Å². The summed E-state index contributed by atoms with van der Waals surface area (Å²) >= 11 is 6.20. The third-order valence-corrected chi connectivity index (χ3v) is 7.13. The molecule has 2 aromatic rings. The number of nitrogens with one attached hydrogen (secondary N) is 1. The molecule has 33 heavy (non-hydrogen) atoms. The van der Waals surface area contributed by atoms with Crippen molar-refractivity contribution in [2.45, 2.75) is 83.7 Å². The highest BCUT2D eigenvalue weighted by molar-refractivity contribution is 6.30. The molecule has 1 N–H and O–H groups in total. The second-order valence-electron chi connectivity index (χ2n) is 9.93. The summed E-state index contributed by atoms with van der Waals surface area (Å²) in [6, 6.07) is 14.1. The molecule has 0 radical (unpaired) electrons. The smallest absolute Gasteiger partial charge is 0.132 e. The molecule has 2 unspecified atom stereocenters. The van der Waals surface area contributed by atoms with Crippen molar-refractivity contribution < 1.29 is 14.2 Å². The van der Waals surface area contributed by atoms with Crippen molar-refractivity contribution in [3.8, 4) is 5.75 Å². The number of ether oxygens (including phenoxy) is 3. The Hall–Kier alpha value is -1.75. The lowest BCUT2D eigenvalue weighted by molar-refractivity contribution is -0.168. The van der Waals surface area contributed by atoms with Crippen molar-refractivity contribution in [2.24, 2.45) is 5.92 Å². The summed E-state index contributed by atoms with van der Waals surface area (Å²) in [5.41, 5.74) is 2.66. The van der Waals surface area contributed by atoms with Gasteiger partial charge in [-0.1, -0.05) is 55.8 Å². The highest BCUT2D eigenvalue weighted by Gasteiger charge is 2.45. The van der Waals surface area contributed by atoms with Gasteiger partial charge in [-0.05, 0) is 69.0 Å². The van der Waals surface area contributed by atoms with Crippen LogP contribution in [0.1, 0.15) is 76.5 Å². The molecule has 180 valence electrons. The molecule has 2 aromatic carbocycles. The molecule has 1 saturated carbocycles. The van der Waals surface area contributed by atoms with Crippen LogP contribution in [0.5, 0.6) is 5.75 Å². The number of anilines is 1. The summed E-state index contributed by atoms with van der Waals surface area (Å²) in [5.74, 6) is 1.66. The van der Waals surface area contributed by atoms with Gasteiger partial charge in [0, 0.05) is 29.4 Å². The van der Waals surface area contributed by atoms with Crippen molar-refractivity contribution >= 4 is 17.3 Å². The fraction of sp³-hybridized carbons (Fsp3) is 0.571. The van der Waals surface area contributed by atoms with E-state index in [1.54, 1.807) is 0 Å². The Kier molecular flexibility index (Phi) is 8.21. The zero-order valence-corrected chi connectivity index (χ0v) is 21.0. The van der Waals surface area contributed by atoms with Crippen molar-refractivity contribution in [2.75, 3.05) is 18.5 Å². The third kappa shape index (κ3) is 6.23. The van der Waals surface area contributed by atoms with Crippen LogP contribution in [0.15, 0.2) is 42.5 Å². The number of benzene rings is 2. The number of hydrogen-bond donors (Lipinski definition) is 1. The van der Waals surface area contributed by atoms with Gasteiger partial charge in [-0.2, -0.15) is 0 Å². The van der Waals surface area contributed by atoms with Crippen LogP contribution in [0.2, 0.25) is 5.02 Å². The number of rotatable bonds is 9. The first kappa shape index (κ1) is 24.4. The molecule has 1 aliphatic heterocycles. The summed E-state index contributed by atoms with van der Waals surface area (Å²) in [5, 5.41) is 4.14. The van der Waals surface area contributed by atoms with E-state index in [0.717, 1.165) is 53.1 Å². The molecule has 0 amide bonds. The first-order valence-corrected chi connectivity index (χ1v) is 12.9. The third-order valence-electron chi connectivity index (χ3n) is 6.90. The van der Waals surface area contributed by atoms with Gasteiger partial charge in [0.15, 0.2) is 0 Å². The first-order valence-electron chi connectivity index (χ1n) is 12.5. The normalized spacial score (nSPS) is 22.4. The van der Waals surface area contributed by atoms with Gasteiger partial charge in [0.05, 0.1) is 6.61 Å². The fourth-order valence-electron chi connectivity index (χ4n) is 5.16. The second-order valence-corrected chi connectivity index (χ2v) is 10.4. The van der Waals surface area contributed by atoms with Crippen LogP contribution in [0.4, 0.5) is 5.69 Å². The Morgan fingerprint density at radius 2 is 1.88 bits per heavy atom. The number of fused-ring (bicyclic) bond motifs is 1. The summed E-state index contributed by atoms with van der Waals surface area (Å²) in [6.07, 6.45) is 7.44. The average Bonchev–Trinajstić information content (AvgIpc) is 2.79. The largest absolute Gasteiger partial charge is 0.485 e. The number of halogens is 1. The van der Waals surface area contributed by atoms with Crippen molar-refractivity contribution in [3.63, 3.8) is 0 Å². The minimum atomic E-state index is -0.527. The molecule has 0 bridgehead atoms. The minimum absolute atomic E-state index is 0.190. The van der Waals surface area contributed by atoms with Crippen LogP contribution < -0.4 is 10.1 Å². The zero-order chi connectivity index (χ0) is 23.3. The highest BCUT2D eigenvalue weighted by atomic mass is 35.5. The van der Waals surface area contributed by atoms with Gasteiger partial charge >= 0.3 is 0 Å². The van der Waals surface area contributed by atoms with Crippen LogP contribution >= 0.6 is 11.6 Å². The molecule has 4 nitrogen and oxygen atoms in total. The van der Waals surface area contributed by atoms with Crippen LogP contribution in [0.3, 0.4) is 0 Å². The molecule has 4 rings (SSSR count). The molecule has 1 aliphatic carbocycles. The Morgan fingerprint density at radius 3 is 2.64 bits per heavy atom. The SMILES string of the molecule is CCNc1ccc2c(c1)C(OCCC1CCCCC1)C(OCc1cccc(Cl)c1)C(C)(C)O2. The molecule has 2 aliphatic rings. The molecule has 2 atom stereocenters. The average molecular weight is 472 g/mol. The first-order chi connectivity index (χ1) is 16.0. The summed E-state index contributed by atoms with van der Waals surface area (Å²) in [7, 11) is 0. The maximum absolute atomic E-state index is 6.65. The van der Waals surface area contributed by atoms with E-state index in [4.69, 9.17) is 25.8 Å². The van der Waals surface area contributed by atoms with Gasteiger partial charge in [-0.25, -0.2) is 0 Å². The predicted octanol–water partition coefficient (Wildman–Crippen LogP) is 7.56. The summed E-state index contributed by atoms with van der Waals surface area (Å²) < 4.78 is 19.6. The van der Waals surface area contributed by atoms with E-state index in [-0.39, 0.29) is 12.2 Å². The van der Waals surface area contributed by atoms with Gasteiger partial charge in [0.1, 0.15) is 23.6 Å². The maximum atomic E-state index is 6.65. The van der Waals surface area contributed by atoms with Gasteiger partial charge in [-0.15, -0.1) is 0 Å². The van der Waals surface area contributed by atoms with E-state index < -0.39 is 5.60 Å². The van der Waals surface area contributed by atoms with E-state index in [1.807, 2.05) is 24.3 Å². The second kappa shape index (κ2) is 11.1. The Morgan fingerprint density at radius 1 is 1.06 bits per heavy atom. The van der Waals surface area contributed by atoms with E-state index in [2.05, 4.69) is 44.3 Å². The quantitative estimate of drug-likeness (QED) is 0.409. The van der Waals surface area contributed by atoms with E-state index in [1.165, 1.54) is 32.1 Å². The molecule has 0 saturated heterocycles. The van der Waals surface area contributed by atoms with Crippen LogP contribution in [-0.4, -0.2) is 24.9 Å². The van der Waals surface area contributed by atoms with Gasteiger partial charge in [0.2, 0.25) is 0 Å². The van der Waals surface area contributed by atoms with Crippen LogP contribution in [0.25, 0.3) is 0 Å². The van der Waals surface area contributed by atoms with Gasteiger partial charge < -0.3 is 19.5 Å². The van der Waals surface area contributed by atoms with Crippen LogP contribution in [0, 0.1) is 5.92 Å². The monoisotopic (exact) mass is 471 g/mol. The van der Waals surface area contributed by atoms with Crippen molar-refractivity contribution in [3.05, 3.63) is 58.6 Å². The lowest BCUT2D eigenvalue weighted by Gasteiger charge is -2.44. The molecule has 5 heteroatoms. The highest BCUT2D eigenvalue weighted by Crippen LogP contribution is 2.45. The zero-order valence-electron chi connectivity index (χ0n) is 20.2. The van der Waals surface area contributed by atoms with Gasteiger partial charge in [0.25, 0.3) is 0 Å². The molecule has 1 fully saturated rings. The van der Waals surface area contributed by atoms with Crippen molar-refractivity contribution in [1.82, 2.24) is 0 Å². The summed E-state index contributed by atoms with van der Waals surface area (Å²) in [4.78, 5) is 0. The van der Waals surface area contributed by atoms with Gasteiger partial charge in [-0.3, -0.25) is 0 Å². The molecular weight excluding hydrogens is 434 g/mol. The summed E-state index contributed by atoms with van der Waals surface area (Å²) in [6.45, 7) is 8.36. The van der Waals surface area contributed by atoms with E-state index in [9.17, 15) is 0 Å². The van der Waals surface area contributed by atoms with Crippen LogP contribution in [-0.2, 0) is 16.1 Å².